The smallest absolute Gasteiger partial charge is 0.151 e. The molecule has 6 aromatic rings. The minimum absolute atomic E-state index is 0.0599. The van der Waals surface area contributed by atoms with Crippen molar-refractivity contribution in [2.75, 3.05) is 36.0 Å². The number of rotatable bonds is 12. The molecule has 0 spiro atoms. The van der Waals surface area contributed by atoms with Gasteiger partial charge in [0.2, 0.25) is 0 Å². The van der Waals surface area contributed by atoms with E-state index in [1.165, 1.54) is 44.6 Å². The number of nitrogens with zero attached hydrogens (tertiary/aromatic N) is 8. The van der Waals surface area contributed by atoms with Gasteiger partial charge < -0.3 is 30.3 Å². The lowest BCUT2D eigenvalue weighted by Crippen LogP contribution is -2.43. The van der Waals surface area contributed by atoms with Gasteiger partial charge in [-0.3, -0.25) is 10.2 Å². The first kappa shape index (κ1) is 35.5. The fourth-order valence-corrected chi connectivity index (χ4v) is 8.38. The number of hydrogen-bond donors (Lipinski definition) is 5. The van der Waals surface area contributed by atoms with Crippen LogP contribution in [-0.4, -0.2) is 96.2 Å². The molecule has 15 heteroatoms. The van der Waals surface area contributed by atoms with Gasteiger partial charge in [0.1, 0.15) is 28.8 Å². The van der Waals surface area contributed by atoms with Crippen LogP contribution in [0.3, 0.4) is 0 Å². The normalized spacial score (nSPS) is 19.9. The monoisotopic (exact) mass is 768 g/mol. The van der Waals surface area contributed by atoms with E-state index in [9.17, 15) is 5.11 Å². The molecule has 0 amide bonds. The van der Waals surface area contributed by atoms with Gasteiger partial charge in [0.25, 0.3) is 0 Å². The highest BCUT2D eigenvalue weighted by atomic mass is 19.1. The van der Waals surface area contributed by atoms with Gasteiger partial charge in [-0.05, 0) is 92.6 Å². The number of phenolic OH excluding ortho intramolecular Hbond substituents is 1. The van der Waals surface area contributed by atoms with Gasteiger partial charge in [0.05, 0.1) is 23.7 Å². The van der Waals surface area contributed by atoms with E-state index in [4.69, 9.17) is 4.74 Å². The molecule has 292 valence electrons. The molecule has 2 saturated carbocycles. The van der Waals surface area contributed by atoms with Crippen LogP contribution in [0.5, 0.6) is 17.2 Å². The van der Waals surface area contributed by atoms with E-state index < -0.39 is 5.82 Å². The zero-order valence-corrected chi connectivity index (χ0v) is 31.5. The summed E-state index contributed by atoms with van der Waals surface area (Å²) in [6, 6.07) is 16.2. The number of anilines is 2. The Balaban J connectivity index is 0.986. The molecule has 0 radical (unpaired) electrons. The van der Waals surface area contributed by atoms with Crippen LogP contribution in [-0.2, 0) is 0 Å². The molecular formula is C42H45FN12O2. The summed E-state index contributed by atoms with van der Waals surface area (Å²) >= 11 is 0. The number of nitrogens with one attached hydrogen (secondary N) is 4. The number of aromatic nitrogens is 8. The SMILES string of the molecule is Oc1cc(-c2cn[nH]c2)cc(Oc2cc(-c3cn[nH]c3)c(F)cc2-c2ccc(N3CC[C@H](NC4CCC4)C3)nn2)c1-c1ccc(N2CC[C@@H](NC3CCC3)C2)nn1. The summed E-state index contributed by atoms with van der Waals surface area (Å²) in [4.78, 5) is 4.49. The standard InChI is InChI=1S/C42H45FN12O2/c43-34-17-33(35-7-9-40(52-50-35)54-13-11-30(23-54)48-28-3-1-4-28)38(18-32(34)27-21-46-47-22-27)57-39-16-25(26-19-44-45-20-26)15-37(56)42(39)36-8-10-41(53-51-36)55-14-12-31(24-55)49-29-5-2-6-29/h7-10,15-22,28-31,48-49,56H,1-6,11-14,23-24H2,(H,44,45)(H,46,47)/t30-,31+/m0/s1. The average molecular weight is 769 g/mol. The number of ether oxygens (including phenoxy) is 1. The second-order valence-corrected chi connectivity index (χ2v) is 15.8. The van der Waals surface area contributed by atoms with Gasteiger partial charge >= 0.3 is 0 Å². The van der Waals surface area contributed by atoms with Crippen LogP contribution in [0.1, 0.15) is 51.4 Å². The largest absolute Gasteiger partial charge is 0.507 e. The summed E-state index contributed by atoms with van der Waals surface area (Å²) in [5.74, 6) is 1.61. The van der Waals surface area contributed by atoms with Crippen LogP contribution in [0.4, 0.5) is 16.0 Å². The molecule has 2 aliphatic carbocycles. The molecule has 2 saturated heterocycles. The van der Waals surface area contributed by atoms with Crippen molar-refractivity contribution in [3.05, 3.63) is 79.1 Å². The van der Waals surface area contributed by atoms with Gasteiger partial charge in [-0.2, -0.15) is 10.2 Å². The Morgan fingerprint density at radius 2 is 1.25 bits per heavy atom. The quantitative estimate of drug-likeness (QED) is 0.0923. The van der Waals surface area contributed by atoms with Gasteiger partial charge in [-0.25, -0.2) is 4.39 Å². The van der Waals surface area contributed by atoms with E-state index in [0.717, 1.165) is 56.2 Å². The van der Waals surface area contributed by atoms with Gasteiger partial charge in [0, 0.05) is 85.0 Å². The first-order chi connectivity index (χ1) is 28.0. The van der Waals surface area contributed by atoms with Crippen molar-refractivity contribution >= 4 is 11.6 Å². The molecular weight excluding hydrogens is 724 g/mol. The van der Waals surface area contributed by atoms with E-state index in [1.807, 2.05) is 30.3 Å². The van der Waals surface area contributed by atoms with Crippen molar-refractivity contribution in [1.82, 2.24) is 51.4 Å². The molecule has 0 bridgehead atoms. The van der Waals surface area contributed by atoms with Crippen LogP contribution in [0.15, 0.2) is 73.3 Å². The number of H-pyrrole nitrogens is 2. The zero-order valence-electron chi connectivity index (χ0n) is 31.5. The van der Waals surface area contributed by atoms with Gasteiger partial charge in [-0.1, -0.05) is 12.8 Å². The molecule has 2 aromatic carbocycles. The molecule has 5 N–H and O–H groups in total. The van der Waals surface area contributed by atoms with Crippen molar-refractivity contribution in [2.45, 2.75) is 75.5 Å². The molecule has 2 aliphatic heterocycles. The number of aromatic hydroxyl groups is 1. The first-order valence-electron chi connectivity index (χ1n) is 20.1. The average Bonchev–Trinajstić information content (AvgIpc) is 4.04. The Labute approximate surface area is 329 Å². The van der Waals surface area contributed by atoms with Crippen LogP contribution in [0, 0.1) is 5.82 Å². The minimum Gasteiger partial charge on any atom is -0.507 e. The fraction of sp³-hybridized carbons (Fsp3) is 0.381. The van der Waals surface area contributed by atoms with Crippen molar-refractivity contribution in [2.24, 2.45) is 0 Å². The number of halogens is 1. The van der Waals surface area contributed by atoms with Gasteiger partial charge in [-0.15, -0.1) is 20.4 Å². The van der Waals surface area contributed by atoms with Crippen molar-refractivity contribution < 1.29 is 14.2 Å². The summed E-state index contributed by atoms with van der Waals surface area (Å²) in [5, 5.41) is 51.5. The maximum atomic E-state index is 16.0. The lowest BCUT2D eigenvalue weighted by Gasteiger charge is -2.29. The third-order valence-electron chi connectivity index (χ3n) is 12.0. The van der Waals surface area contributed by atoms with Crippen LogP contribution < -0.4 is 25.2 Å². The fourth-order valence-electron chi connectivity index (χ4n) is 8.38. The Hall–Kier alpha value is -5.93. The van der Waals surface area contributed by atoms with Crippen molar-refractivity contribution in [1.29, 1.82) is 0 Å². The predicted molar refractivity (Wildman–Crippen MR) is 215 cm³/mol. The van der Waals surface area contributed by atoms with Crippen LogP contribution in [0.25, 0.3) is 44.8 Å². The van der Waals surface area contributed by atoms with Gasteiger partial charge in [0.15, 0.2) is 11.6 Å². The predicted octanol–water partition coefficient (Wildman–Crippen LogP) is 6.46. The topological polar surface area (TPSA) is 169 Å². The molecule has 14 nitrogen and oxygen atoms in total. The highest BCUT2D eigenvalue weighted by molar-refractivity contribution is 5.82. The van der Waals surface area contributed by atoms with E-state index in [0.29, 0.717) is 63.6 Å². The summed E-state index contributed by atoms with van der Waals surface area (Å²) < 4.78 is 22.8. The second-order valence-electron chi connectivity index (χ2n) is 15.8. The van der Waals surface area contributed by atoms with E-state index in [-0.39, 0.29) is 17.1 Å². The van der Waals surface area contributed by atoms with Crippen LogP contribution >= 0.6 is 0 Å². The molecule has 10 rings (SSSR count). The lowest BCUT2D eigenvalue weighted by molar-refractivity contribution is 0.311. The highest BCUT2D eigenvalue weighted by Crippen LogP contribution is 2.45. The molecule has 2 atom stereocenters. The van der Waals surface area contributed by atoms with E-state index in [2.05, 4.69) is 61.2 Å². The number of hydrogen-bond acceptors (Lipinski definition) is 12. The molecule has 4 fully saturated rings. The molecule has 6 heterocycles. The van der Waals surface area contributed by atoms with Crippen molar-refractivity contribution in [3.8, 4) is 62.0 Å². The minimum atomic E-state index is -0.474. The third-order valence-corrected chi connectivity index (χ3v) is 12.0. The third kappa shape index (κ3) is 7.28. The highest BCUT2D eigenvalue weighted by Gasteiger charge is 2.30. The summed E-state index contributed by atoms with van der Waals surface area (Å²) in [6.45, 7) is 3.52. The Kier molecular flexibility index (Phi) is 9.46. The Morgan fingerprint density at radius 3 is 1.79 bits per heavy atom. The maximum Gasteiger partial charge on any atom is 0.151 e. The van der Waals surface area contributed by atoms with Crippen LogP contribution in [0.2, 0.25) is 0 Å². The number of benzene rings is 2. The first-order valence-corrected chi connectivity index (χ1v) is 20.1. The second kappa shape index (κ2) is 15.2. The summed E-state index contributed by atoms with van der Waals surface area (Å²) in [7, 11) is 0. The van der Waals surface area contributed by atoms with Crippen molar-refractivity contribution in [3.63, 3.8) is 0 Å². The zero-order chi connectivity index (χ0) is 38.3. The number of aromatic amines is 2. The number of phenols is 1. The lowest BCUT2D eigenvalue weighted by atomic mass is 9.92. The molecule has 0 unspecified atom stereocenters. The molecule has 4 aromatic heterocycles. The Morgan fingerprint density at radius 1 is 0.632 bits per heavy atom. The Bertz CT molecular complexity index is 2310. The maximum absolute atomic E-state index is 16.0. The molecule has 57 heavy (non-hydrogen) atoms. The van der Waals surface area contributed by atoms with E-state index in [1.54, 1.807) is 36.9 Å². The van der Waals surface area contributed by atoms with E-state index >= 15 is 4.39 Å². The molecule has 4 aliphatic rings. The summed E-state index contributed by atoms with van der Waals surface area (Å²) in [6.07, 6.45) is 16.3. The summed E-state index contributed by atoms with van der Waals surface area (Å²) in [5.41, 5.74) is 3.83.